The van der Waals surface area contributed by atoms with Crippen LogP contribution in [0, 0.1) is 6.92 Å². The van der Waals surface area contributed by atoms with Crippen molar-refractivity contribution in [2.24, 2.45) is 7.05 Å². The van der Waals surface area contributed by atoms with Gasteiger partial charge in [-0.25, -0.2) is 9.97 Å². The van der Waals surface area contributed by atoms with E-state index in [9.17, 15) is 0 Å². The van der Waals surface area contributed by atoms with E-state index in [1.165, 1.54) is 10.5 Å². The van der Waals surface area contributed by atoms with E-state index in [2.05, 4.69) is 40.4 Å². The van der Waals surface area contributed by atoms with Crippen molar-refractivity contribution < 1.29 is 4.74 Å². The van der Waals surface area contributed by atoms with Gasteiger partial charge in [-0.3, -0.25) is 0 Å². The number of aromatic nitrogens is 3. The van der Waals surface area contributed by atoms with Crippen LogP contribution in [0.1, 0.15) is 12.0 Å². The number of aryl methyl sites for hydroxylation is 2. The summed E-state index contributed by atoms with van der Waals surface area (Å²) in [6, 6.07) is 8.49. The number of nitrogens with zero attached hydrogens (tertiary/aromatic N) is 3. The first-order valence-corrected chi connectivity index (χ1v) is 8.97. The van der Waals surface area contributed by atoms with E-state index >= 15 is 0 Å². The molecule has 1 aliphatic rings. The lowest BCUT2D eigenvalue weighted by molar-refractivity contribution is 0.199. The Bertz CT molecular complexity index is 871. The van der Waals surface area contributed by atoms with Crippen molar-refractivity contribution in [2.75, 3.05) is 18.5 Å². The topological polar surface area (TPSA) is 52.0 Å². The molecule has 0 radical (unpaired) electrons. The van der Waals surface area contributed by atoms with Crippen molar-refractivity contribution in [3.8, 4) is 0 Å². The van der Waals surface area contributed by atoms with E-state index in [-0.39, 0.29) is 0 Å². The number of anilines is 2. The first kappa shape index (κ1) is 15.5. The van der Waals surface area contributed by atoms with Gasteiger partial charge in [0.25, 0.3) is 0 Å². The van der Waals surface area contributed by atoms with Gasteiger partial charge in [-0.15, -0.1) is 11.8 Å². The third-order valence-electron chi connectivity index (χ3n) is 4.23. The molecule has 6 heteroatoms. The van der Waals surface area contributed by atoms with Crippen LogP contribution in [0.15, 0.2) is 41.7 Å². The fourth-order valence-corrected chi connectivity index (χ4v) is 4.19. The van der Waals surface area contributed by atoms with Crippen LogP contribution in [0.25, 0.3) is 11.0 Å². The van der Waals surface area contributed by atoms with Crippen molar-refractivity contribution in [2.45, 2.75) is 23.5 Å². The summed E-state index contributed by atoms with van der Waals surface area (Å²) in [5.41, 5.74) is 4.30. The molecule has 24 heavy (non-hydrogen) atoms. The summed E-state index contributed by atoms with van der Waals surface area (Å²) < 4.78 is 7.56. The van der Waals surface area contributed by atoms with Crippen LogP contribution in [0.5, 0.6) is 0 Å². The lowest BCUT2D eigenvalue weighted by Gasteiger charge is -2.15. The Morgan fingerprint density at radius 1 is 1.29 bits per heavy atom. The second kappa shape index (κ2) is 6.45. The van der Waals surface area contributed by atoms with E-state index in [4.69, 9.17) is 4.74 Å². The smallest absolute Gasteiger partial charge is 0.158 e. The molecule has 3 heterocycles. The number of benzene rings is 1. The maximum atomic E-state index is 5.52. The summed E-state index contributed by atoms with van der Waals surface area (Å²) >= 11 is 1.89. The van der Waals surface area contributed by atoms with E-state index in [0.717, 1.165) is 42.2 Å². The van der Waals surface area contributed by atoms with Gasteiger partial charge >= 0.3 is 0 Å². The highest BCUT2D eigenvalue weighted by molar-refractivity contribution is 8.00. The molecule has 0 amide bonds. The van der Waals surface area contributed by atoms with Crippen LogP contribution in [-0.2, 0) is 11.8 Å². The van der Waals surface area contributed by atoms with Crippen molar-refractivity contribution in [3.05, 3.63) is 42.4 Å². The highest BCUT2D eigenvalue weighted by atomic mass is 32.2. The van der Waals surface area contributed by atoms with Crippen LogP contribution in [-0.4, -0.2) is 33.0 Å². The van der Waals surface area contributed by atoms with Gasteiger partial charge in [-0.05, 0) is 37.1 Å². The number of thioether (sulfide) groups is 1. The lowest BCUT2D eigenvalue weighted by Crippen LogP contribution is -2.03. The van der Waals surface area contributed by atoms with Gasteiger partial charge < -0.3 is 14.6 Å². The molecule has 0 saturated carbocycles. The minimum Gasteiger partial charge on any atom is -0.380 e. The molecule has 1 saturated heterocycles. The zero-order valence-electron chi connectivity index (χ0n) is 13.8. The number of rotatable bonds is 4. The molecule has 3 aromatic rings. The summed E-state index contributed by atoms with van der Waals surface area (Å²) in [6.45, 7) is 3.81. The Kier molecular flexibility index (Phi) is 4.16. The van der Waals surface area contributed by atoms with Crippen molar-refractivity contribution in [1.29, 1.82) is 0 Å². The Labute approximate surface area is 145 Å². The number of hydrogen-bond donors (Lipinski definition) is 1. The molecule has 1 fully saturated rings. The molecule has 1 aliphatic heterocycles. The number of nitrogens with one attached hydrogen (secondary N) is 1. The first-order chi connectivity index (χ1) is 11.7. The molecule has 1 aromatic carbocycles. The normalized spacial score (nSPS) is 17.5. The average Bonchev–Trinajstić information content (AvgIpc) is 3.21. The largest absolute Gasteiger partial charge is 0.380 e. The molecule has 0 bridgehead atoms. The van der Waals surface area contributed by atoms with E-state index in [1.807, 2.05) is 35.6 Å². The van der Waals surface area contributed by atoms with Crippen LogP contribution in [0.4, 0.5) is 11.5 Å². The predicted octanol–water partition coefficient (Wildman–Crippen LogP) is 3.90. The standard InChI is InChI=1S/C18H20N4OS/c1-12-3-4-14(16(9-12)24-13-6-8-23-10-13)21-18-17-15(19-11-20-18)5-7-22(17)2/h3-5,7,9,11,13H,6,8,10H2,1-2H3,(H,19,20,21)/t13-/m0/s1. The third-order valence-corrected chi connectivity index (χ3v) is 5.53. The second-order valence-corrected chi connectivity index (χ2v) is 7.45. The number of ether oxygens (including phenoxy) is 1. The van der Waals surface area contributed by atoms with Gasteiger partial charge in [-0.2, -0.15) is 0 Å². The fraction of sp³-hybridized carbons (Fsp3) is 0.333. The molecular weight excluding hydrogens is 320 g/mol. The van der Waals surface area contributed by atoms with Crippen LogP contribution < -0.4 is 5.32 Å². The molecule has 2 aromatic heterocycles. The second-order valence-electron chi connectivity index (χ2n) is 6.11. The zero-order chi connectivity index (χ0) is 16.5. The monoisotopic (exact) mass is 340 g/mol. The van der Waals surface area contributed by atoms with Gasteiger partial charge in [0.15, 0.2) is 5.82 Å². The molecule has 0 unspecified atom stereocenters. The molecule has 5 nitrogen and oxygen atoms in total. The Hall–Kier alpha value is -2.05. The molecule has 0 spiro atoms. The summed E-state index contributed by atoms with van der Waals surface area (Å²) in [4.78, 5) is 10.0. The zero-order valence-corrected chi connectivity index (χ0v) is 14.6. The minimum absolute atomic E-state index is 0.521. The Balaban J connectivity index is 1.69. The van der Waals surface area contributed by atoms with Crippen LogP contribution in [0.2, 0.25) is 0 Å². The lowest BCUT2D eigenvalue weighted by atomic mass is 10.2. The maximum absolute atomic E-state index is 5.52. The van der Waals surface area contributed by atoms with Crippen LogP contribution >= 0.6 is 11.8 Å². The highest BCUT2D eigenvalue weighted by Gasteiger charge is 2.19. The maximum Gasteiger partial charge on any atom is 0.158 e. The summed E-state index contributed by atoms with van der Waals surface area (Å²) in [7, 11) is 2.01. The van der Waals surface area contributed by atoms with Gasteiger partial charge in [0, 0.05) is 30.0 Å². The van der Waals surface area contributed by atoms with Crippen molar-refractivity contribution >= 4 is 34.3 Å². The molecule has 124 valence electrons. The summed E-state index contributed by atoms with van der Waals surface area (Å²) in [5.74, 6) is 0.834. The fourth-order valence-electron chi connectivity index (χ4n) is 2.95. The molecule has 1 N–H and O–H groups in total. The first-order valence-electron chi connectivity index (χ1n) is 8.09. The highest BCUT2D eigenvalue weighted by Crippen LogP contribution is 2.36. The quantitative estimate of drug-likeness (QED) is 0.780. The van der Waals surface area contributed by atoms with Crippen molar-refractivity contribution in [3.63, 3.8) is 0 Å². The molecule has 4 rings (SSSR count). The molecule has 1 atom stereocenters. The minimum atomic E-state index is 0.521. The third kappa shape index (κ3) is 2.99. The summed E-state index contributed by atoms with van der Waals surface area (Å²) in [6.07, 6.45) is 4.72. The van der Waals surface area contributed by atoms with Gasteiger partial charge in [0.1, 0.15) is 11.8 Å². The SMILES string of the molecule is Cc1ccc(Nc2ncnc3ccn(C)c23)c(S[C@H]2CCOC2)c1. The van der Waals surface area contributed by atoms with Gasteiger partial charge in [0.05, 0.1) is 17.8 Å². The Morgan fingerprint density at radius 2 is 2.21 bits per heavy atom. The van der Waals surface area contributed by atoms with E-state index in [0.29, 0.717) is 5.25 Å². The molecule has 0 aliphatic carbocycles. The number of fused-ring (bicyclic) bond motifs is 1. The van der Waals surface area contributed by atoms with Gasteiger partial charge in [0.2, 0.25) is 0 Å². The average molecular weight is 340 g/mol. The Morgan fingerprint density at radius 3 is 3.04 bits per heavy atom. The van der Waals surface area contributed by atoms with Crippen molar-refractivity contribution in [1.82, 2.24) is 14.5 Å². The van der Waals surface area contributed by atoms with E-state index < -0.39 is 0 Å². The predicted molar refractivity (Wildman–Crippen MR) is 98.1 cm³/mol. The molecular formula is C18H20N4OS. The number of hydrogen-bond acceptors (Lipinski definition) is 5. The van der Waals surface area contributed by atoms with Crippen LogP contribution in [0.3, 0.4) is 0 Å². The van der Waals surface area contributed by atoms with E-state index in [1.54, 1.807) is 6.33 Å². The van der Waals surface area contributed by atoms with Gasteiger partial charge in [-0.1, -0.05) is 6.07 Å². The summed E-state index contributed by atoms with van der Waals surface area (Å²) in [5, 5.41) is 4.03.